The maximum Gasteiger partial charge on any atom is 0.263 e. The molecule has 1 N–H and O–H groups in total. The van der Waals surface area contributed by atoms with Gasteiger partial charge in [0.25, 0.3) is 5.92 Å². The van der Waals surface area contributed by atoms with Crippen LogP contribution in [0.3, 0.4) is 0 Å². The van der Waals surface area contributed by atoms with Crippen molar-refractivity contribution in [2.45, 2.75) is 43.4 Å². The Bertz CT molecular complexity index is 456. The number of hydrogen-bond acceptors (Lipinski definition) is 3. The molecule has 0 radical (unpaired) electrons. The molecule has 4 nitrogen and oxygen atoms in total. The molecule has 0 aliphatic heterocycles. The van der Waals surface area contributed by atoms with E-state index in [1.54, 1.807) is 0 Å². The quantitative estimate of drug-likeness (QED) is 0.819. The lowest BCUT2D eigenvalue weighted by atomic mass is 9.91. The lowest BCUT2D eigenvalue weighted by molar-refractivity contribution is -0.130. The minimum atomic E-state index is -3.08. The van der Waals surface area contributed by atoms with Gasteiger partial charge in [-0.1, -0.05) is 0 Å². The van der Waals surface area contributed by atoms with Crippen LogP contribution in [0.5, 0.6) is 0 Å². The lowest BCUT2D eigenvalue weighted by Crippen LogP contribution is -2.51. The number of rotatable bonds is 3. The first-order valence-electron chi connectivity index (χ1n) is 5.44. The molecule has 0 saturated heterocycles. The number of carbonyl (C=O) groups is 1. The molecule has 0 aromatic rings. The van der Waals surface area contributed by atoms with Crippen molar-refractivity contribution in [2.24, 2.45) is 5.41 Å². The summed E-state index contributed by atoms with van der Waals surface area (Å²) in [4.78, 5) is 11.6. The Kier molecular flexibility index (Phi) is 2.54. The van der Waals surface area contributed by atoms with E-state index in [1.807, 2.05) is 0 Å². The fourth-order valence-electron chi connectivity index (χ4n) is 2.02. The molecule has 7 heteroatoms. The summed E-state index contributed by atoms with van der Waals surface area (Å²) in [7, 11) is -3.08. The van der Waals surface area contributed by atoms with Crippen LogP contribution in [0.1, 0.15) is 26.2 Å². The third-order valence-corrected chi connectivity index (χ3v) is 5.39. The Balaban J connectivity index is 1.84. The summed E-state index contributed by atoms with van der Waals surface area (Å²) in [5.41, 5.74) is -1.59. The second kappa shape index (κ2) is 3.40. The highest BCUT2D eigenvalue weighted by Gasteiger charge is 2.72. The van der Waals surface area contributed by atoms with Gasteiger partial charge in [-0.25, -0.2) is 17.2 Å². The van der Waals surface area contributed by atoms with Gasteiger partial charge in [0.15, 0.2) is 0 Å². The van der Waals surface area contributed by atoms with Crippen LogP contribution in [0.25, 0.3) is 0 Å². The molecule has 1 unspecified atom stereocenters. The van der Waals surface area contributed by atoms with Gasteiger partial charge in [-0.3, -0.25) is 4.79 Å². The first-order chi connectivity index (χ1) is 7.56. The van der Waals surface area contributed by atoms with Gasteiger partial charge in [-0.05, 0) is 19.8 Å². The minimum Gasteiger partial charge on any atom is -0.353 e. The Morgan fingerprint density at radius 3 is 2.18 bits per heavy atom. The van der Waals surface area contributed by atoms with E-state index in [1.165, 1.54) is 6.92 Å². The molecule has 0 spiro atoms. The molecule has 98 valence electrons. The Morgan fingerprint density at radius 2 is 1.82 bits per heavy atom. The first-order valence-corrected chi connectivity index (χ1v) is 7.39. The highest BCUT2D eigenvalue weighted by atomic mass is 32.2. The molecule has 1 atom stereocenters. The Hall–Kier alpha value is -0.720. The van der Waals surface area contributed by atoms with Crippen LogP contribution in [-0.2, 0) is 14.6 Å². The van der Waals surface area contributed by atoms with Gasteiger partial charge in [0.2, 0.25) is 5.91 Å². The van der Waals surface area contributed by atoms with Crippen LogP contribution in [0.15, 0.2) is 0 Å². The number of carbonyl (C=O) groups excluding carboxylic acids is 1. The molecule has 2 saturated carbocycles. The first kappa shape index (κ1) is 12.7. The van der Waals surface area contributed by atoms with Crippen LogP contribution >= 0.6 is 0 Å². The average molecular weight is 267 g/mol. The highest BCUT2D eigenvalue weighted by molar-refractivity contribution is 7.91. The molecule has 2 aliphatic carbocycles. The summed E-state index contributed by atoms with van der Waals surface area (Å²) in [6.45, 7) is 1.23. The number of amides is 1. The van der Waals surface area contributed by atoms with Crippen molar-refractivity contribution in [3.63, 3.8) is 0 Å². The van der Waals surface area contributed by atoms with Gasteiger partial charge in [0, 0.05) is 18.7 Å². The maximum atomic E-state index is 12.9. The van der Waals surface area contributed by atoms with Gasteiger partial charge >= 0.3 is 0 Å². The molecule has 2 aliphatic rings. The standard InChI is InChI=1S/C10H15F2NO3S/c1-9(5-10(9,11)12)8(14)13-6-3-7(4-6)17(2,15)16/h6-7H,3-5H2,1-2H3,(H,13,14). The summed E-state index contributed by atoms with van der Waals surface area (Å²) in [6, 6.07) is -0.282. The Labute approximate surface area is 98.7 Å². The lowest BCUT2D eigenvalue weighted by Gasteiger charge is -2.35. The second-order valence-electron chi connectivity index (χ2n) is 5.31. The molecular formula is C10H15F2NO3S. The fourth-order valence-corrected chi connectivity index (χ4v) is 3.19. The van der Waals surface area contributed by atoms with Crippen molar-refractivity contribution < 1.29 is 22.0 Å². The van der Waals surface area contributed by atoms with E-state index in [4.69, 9.17) is 0 Å². The zero-order valence-corrected chi connectivity index (χ0v) is 10.5. The molecule has 2 rings (SSSR count). The van der Waals surface area contributed by atoms with Crippen LogP contribution in [0.4, 0.5) is 8.78 Å². The summed E-state index contributed by atoms with van der Waals surface area (Å²) in [6.07, 6.45) is 1.37. The van der Waals surface area contributed by atoms with Gasteiger partial charge in [-0.15, -0.1) is 0 Å². The monoisotopic (exact) mass is 267 g/mol. The summed E-state index contributed by atoms with van der Waals surface area (Å²) in [5, 5.41) is 2.05. The highest BCUT2D eigenvalue weighted by Crippen LogP contribution is 2.60. The van der Waals surface area contributed by atoms with Crippen LogP contribution in [0, 0.1) is 5.41 Å². The zero-order valence-electron chi connectivity index (χ0n) is 9.66. The van der Waals surface area contributed by atoms with Crippen molar-refractivity contribution in [3.8, 4) is 0 Å². The molecule has 0 heterocycles. The van der Waals surface area contributed by atoms with Gasteiger partial charge < -0.3 is 5.32 Å². The van der Waals surface area contributed by atoms with Crippen LogP contribution in [-0.4, -0.2) is 37.8 Å². The number of halogens is 2. The predicted octanol–water partition coefficient (Wildman–Crippen LogP) is 0.724. The molecule has 0 aromatic carbocycles. The third-order valence-electron chi connectivity index (χ3n) is 3.79. The molecule has 0 aromatic heterocycles. The van der Waals surface area contributed by atoms with E-state index >= 15 is 0 Å². The molecular weight excluding hydrogens is 252 g/mol. The predicted molar refractivity (Wildman–Crippen MR) is 57.5 cm³/mol. The van der Waals surface area contributed by atoms with Crippen LogP contribution < -0.4 is 5.32 Å². The number of hydrogen-bond donors (Lipinski definition) is 1. The summed E-state index contributed by atoms with van der Waals surface area (Å²) in [5.74, 6) is -3.59. The van der Waals surface area contributed by atoms with E-state index in [0.717, 1.165) is 6.26 Å². The molecule has 1 amide bonds. The van der Waals surface area contributed by atoms with Gasteiger partial charge in [0.1, 0.15) is 15.3 Å². The fraction of sp³-hybridized carbons (Fsp3) is 0.900. The number of sulfone groups is 1. The van der Waals surface area contributed by atoms with E-state index in [0.29, 0.717) is 12.8 Å². The zero-order chi connectivity index (χ0) is 13.1. The second-order valence-corrected chi connectivity index (χ2v) is 7.63. The van der Waals surface area contributed by atoms with Crippen molar-refractivity contribution in [2.75, 3.05) is 6.26 Å². The van der Waals surface area contributed by atoms with Crippen LogP contribution in [0.2, 0.25) is 0 Å². The molecule has 0 bridgehead atoms. The molecule has 2 fully saturated rings. The number of nitrogens with one attached hydrogen (secondary N) is 1. The van der Waals surface area contributed by atoms with Gasteiger partial charge in [-0.2, -0.15) is 0 Å². The average Bonchev–Trinajstić information content (AvgIpc) is 2.56. The topological polar surface area (TPSA) is 63.2 Å². The Morgan fingerprint density at radius 1 is 1.35 bits per heavy atom. The summed E-state index contributed by atoms with van der Waals surface area (Å²) < 4.78 is 48.1. The largest absolute Gasteiger partial charge is 0.353 e. The van der Waals surface area contributed by atoms with Crippen molar-refractivity contribution >= 4 is 15.7 Å². The third kappa shape index (κ3) is 2.05. The SMILES string of the molecule is CC1(C(=O)NC2CC(S(C)(=O)=O)C2)CC1(F)F. The van der Waals surface area contributed by atoms with Gasteiger partial charge in [0.05, 0.1) is 5.25 Å². The van der Waals surface area contributed by atoms with E-state index in [-0.39, 0.29) is 6.04 Å². The molecule has 17 heavy (non-hydrogen) atoms. The normalized spacial score (nSPS) is 39.3. The smallest absolute Gasteiger partial charge is 0.263 e. The summed E-state index contributed by atoms with van der Waals surface area (Å²) >= 11 is 0. The maximum absolute atomic E-state index is 12.9. The van der Waals surface area contributed by atoms with Crippen molar-refractivity contribution in [3.05, 3.63) is 0 Å². The van der Waals surface area contributed by atoms with E-state index in [9.17, 15) is 22.0 Å². The van der Waals surface area contributed by atoms with E-state index in [2.05, 4.69) is 5.32 Å². The van der Waals surface area contributed by atoms with E-state index < -0.39 is 38.8 Å². The minimum absolute atomic E-state index is 0.282. The van der Waals surface area contributed by atoms with Crippen molar-refractivity contribution in [1.29, 1.82) is 0 Å². The van der Waals surface area contributed by atoms with Crippen molar-refractivity contribution in [1.82, 2.24) is 5.32 Å². The number of alkyl halides is 2.